The van der Waals surface area contributed by atoms with Crippen molar-refractivity contribution >= 4 is 11.9 Å². The molecule has 0 radical (unpaired) electrons. The summed E-state index contributed by atoms with van der Waals surface area (Å²) < 4.78 is 1.88. The van der Waals surface area contributed by atoms with E-state index in [4.69, 9.17) is 0 Å². The molecule has 1 N–H and O–H groups in total. The first-order chi connectivity index (χ1) is 12.4. The Kier molecular flexibility index (Phi) is 5.50. The summed E-state index contributed by atoms with van der Waals surface area (Å²) in [6.07, 6.45) is 8.04. The highest BCUT2D eigenvalue weighted by Gasteiger charge is 2.37. The Morgan fingerprint density at radius 2 is 1.96 bits per heavy atom. The summed E-state index contributed by atoms with van der Waals surface area (Å²) in [6, 6.07) is -0.0316. The molecule has 2 aliphatic heterocycles. The summed E-state index contributed by atoms with van der Waals surface area (Å²) in [5, 5.41) is 10.8. The molecule has 2 saturated heterocycles. The maximum absolute atomic E-state index is 12.9. The minimum absolute atomic E-state index is 0.0316. The van der Waals surface area contributed by atoms with Crippen molar-refractivity contribution in [2.75, 3.05) is 40.3 Å². The van der Waals surface area contributed by atoms with Crippen molar-refractivity contribution in [2.45, 2.75) is 37.8 Å². The lowest BCUT2D eigenvalue weighted by atomic mass is 9.89. The number of carbonyl (C=O) groups is 2. The molecule has 0 aromatic carbocycles. The van der Waals surface area contributed by atoms with Gasteiger partial charge in [0, 0.05) is 52.7 Å². The van der Waals surface area contributed by atoms with Crippen LogP contribution in [-0.2, 0) is 11.3 Å². The van der Waals surface area contributed by atoms with E-state index in [1.54, 1.807) is 36.4 Å². The second-order valence-electron chi connectivity index (χ2n) is 7.75. The number of imidazole rings is 1. The molecule has 144 valence electrons. The molecule has 3 rings (SSSR count). The van der Waals surface area contributed by atoms with Crippen molar-refractivity contribution in [3.63, 3.8) is 0 Å². The first kappa shape index (κ1) is 18.7. The molecule has 3 amide bonds. The molecule has 0 bridgehead atoms. The zero-order chi connectivity index (χ0) is 18.7. The average molecular weight is 363 g/mol. The first-order valence-corrected chi connectivity index (χ1v) is 9.31. The topological polar surface area (TPSA) is 81.9 Å². The van der Waals surface area contributed by atoms with Crippen molar-refractivity contribution in [3.8, 4) is 0 Å². The Balaban J connectivity index is 1.54. The number of aromatic nitrogens is 2. The van der Waals surface area contributed by atoms with E-state index in [1.165, 1.54) is 0 Å². The van der Waals surface area contributed by atoms with Gasteiger partial charge in [-0.3, -0.25) is 4.79 Å². The van der Waals surface area contributed by atoms with E-state index in [0.29, 0.717) is 45.6 Å². The number of aliphatic hydroxyl groups is 1. The highest BCUT2D eigenvalue weighted by atomic mass is 16.3. The van der Waals surface area contributed by atoms with Crippen LogP contribution in [0.1, 0.15) is 25.7 Å². The fraction of sp³-hybridized carbons (Fsp3) is 0.722. The minimum atomic E-state index is -0.795. The Morgan fingerprint density at radius 1 is 1.23 bits per heavy atom. The molecular formula is C18H29N5O3. The van der Waals surface area contributed by atoms with Gasteiger partial charge in [0.15, 0.2) is 0 Å². The fourth-order valence-corrected chi connectivity index (χ4v) is 3.92. The van der Waals surface area contributed by atoms with Gasteiger partial charge in [-0.25, -0.2) is 9.78 Å². The normalized spacial score (nSPS) is 23.0. The number of amides is 3. The van der Waals surface area contributed by atoms with Crippen molar-refractivity contribution in [1.82, 2.24) is 24.3 Å². The van der Waals surface area contributed by atoms with Crippen LogP contribution in [0.2, 0.25) is 0 Å². The number of likely N-dealkylation sites (tertiary alicyclic amines) is 2. The van der Waals surface area contributed by atoms with Gasteiger partial charge in [-0.1, -0.05) is 0 Å². The van der Waals surface area contributed by atoms with Gasteiger partial charge in [0.25, 0.3) is 0 Å². The summed E-state index contributed by atoms with van der Waals surface area (Å²) in [4.78, 5) is 34.3. The second-order valence-corrected chi connectivity index (χ2v) is 7.75. The van der Waals surface area contributed by atoms with Crippen LogP contribution in [0.5, 0.6) is 0 Å². The van der Waals surface area contributed by atoms with Crippen molar-refractivity contribution in [2.24, 2.45) is 5.92 Å². The molecule has 0 saturated carbocycles. The molecule has 0 spiro atoms. The number of piperidine rings is 2. The maximum atomic E-state index is 12.9. The Morgan fingerprint density at radius 3 is 2.58 bits per heavy atom. The molecule has 26 heavy (non-hydrogen) atoms. The number of hydrogen-bond donors (Lipinski definition) is 1. The van der Waals surface area contributed by atoms with E-state index in [2.05, 4.69) is 4.98 Å². The van der Waals surface area contributed by atoms with E-state index in [1.807, 2.05) is 15.7 Å². The minimum Gasteiger partial charge on any atom is -0.388 e. The van der Waals surface area contributed by atoms with E-state index in [0.717, 1.165) is 12.8 Å². The predicted octanol–water partition coefficient (Wildman–Crippen LogP) is 0.630. The lowest BCUT2D eigenvalue weighted by molar-refractivity contribution is -0.141. The van der Waals surface area contributed by atoms with Gasteiger partial charge in [0.2, 0.25) is 5.91 Å². The number of carbonyl (C=O) groups excluding carboxylic acids is 2. The molecule has 1 aromatic heterocycles. The van der Waals surface area contributed by atoms with Crippen molar-refractivity contribution in [1.29, 1.82) is 0 Å². The first-order valence-electron chi connectivity index (χ1n) is 9.31. The molecule has 0 unspecified atom stereocenters. The molecule has 1 atom stereocenters. The monoisotopic (exact) mass is 363 g/mol. The van der Waals surface area contributed by atoms with Gasteiger partial charge >= 0.3 is 6.03 Å². The molecule has 0 aliphatic carbocycles. The van der Waals surface area contributed by atoms with Crippen LogP contribution in [0, 0.1) is 5.92 Å². The predicted molar refractivity (Wildman–Crippen MR) is 96.4 cm³/mol. The molecular weight excluding hydrogens is 334 g/mol. The quantitative estimate of drug-likeness (QED) is 0.854. The molecule has 1 aromatic rings. The number of urea groups is 1. The van der Waals surface area contributed by atoms with Crippen molar-refractivity contribution in [3.05, 3.63) is 18.7 Å². The molecule has 8 heteroatoms. The molecule has 3 heterocycles. The lowest BCUT2D eigenvalue weighted by Gasteiger charge is -2.41. The van der Waals surface area contributed by atoms with Gasteiger partial charge in [-0.05, 0) is 25.7 Å². The highest BCUT2D eigenvalue weighted by molar-refractivity contribution is 5.81. The molecule has 8 nitrogen and oxygen atoms in total. The van der Waals surface area contributed by atoms with Crippen LogP contribution in [0.3, 0.4) is 0 Å². The third-order valence-electron chi connectivity index (χ3n) is 5.47. The zero-order valence-electron chi connectivity index (χ0n) is 15.7. The van der Waals surface area contributed by atoms with Crippen LogP contribution in [-0.4, -0.2) is 87.2 Å². The van der Waals surface area contributed by atoms with Crippen LogP contribution in [0.25, 0.3) is 0 Å². The summed E-state index contributed by atoms with van der Waals surface area (Å²) in [5.41, 5.74) is -0.795. The third-order valence-corrected chi connectivity index (χ3v) is 5.47. The Bertz CT molecular complexity index is 623. The summed E-state index contributed by atoms with van der Waals surface area (Å²) in [7, 11) is 3.47. The third kappa shape index (κ3) is 4.17. The van der Waals surface area contributed by atoms with Crippen LogP contribution < -0.4 is 0 Å². The smallest absolute Gasteiger partial charge is 0.319 e. The van der Waals surface area contributed by atoms with Crippen LogP contribution in [0.15, 0.2) is 18.7 Å². The fourth-order valence-electron chi connectivity index (χ4n) is 3.92. The Labute approximate surface area is 154 Å². The van der Waals surface area contributed by atoms with Gasteiger partial charge in [-0.2, -0.15) is 0 Å². The van der Waals surface area contributed by atoms with E-state index in [-0.39, 0.29) is 17.9 Å². The summed E-state index contributed by atoms with van der Waals surface area (Å²) in [5.74, 6) is -0.0153. The van der Waals surface area contributed by atoms with Crippen molar-refractivity contribution < 1.29 is 14.7 Å². The van der Waals surface area contributed by atoms with E-state index < -0.39 is 5.60 Å². The SMILES string of the molecule is CN(C)C(=O)N1CCC[C@H](C(=O)N2CCC(O)(Cn3ccnc3)CC2)C1. The van der Waals surface area contributed by atoms with Crippen LogP contribution in [0.4, 0.5) is 4.79 Å². The standard InChI is InChI=1S/C18H29N5O3/c1-20(2)17(25)23-8-3-4-15(12-23)16(24)22-9-5-18(26,6-10-22)13-21-11-7-19-14-21/h7,11,14-15,26H,3-6,8-10,12-13H2,1-2H3/t15-/m0/s1. The summed E-state index contributed by atoms with van der Waals surface area (Å²) in [6.45, 7) is 2.82. The maximum Gasteiger partial charge on any atom is 0.319 e. The molecule has 2 aliphatic rings. The summed E-state index contributed by atoms with van der Waals surface area (Å²) >= 11 is 0. The number of nitrogens with zero attached hydrogens (tertiary/aromatic N) is 5. The number of rotatable bonds is 3. The lowest BCUT2D eigenvalue weighted by Crippen LogP contribution is -2.53. The van der Waals surface area contributed by atoms with Gasteiger partial charge in [-0.15, -0.1) is 0 Å². The largest absolute Gasteiger partial charge is 0.388 e. The average Bonchev–Trinajstić information content (AvgIpc) is 3.13. The van der Waals surface area contributed by atoms with E-state index in [9.17, 15) is 14.7 Å². The van der Waals surface area contributed by atoms with Crippen LogP contribution >= 0.6 is 0 Å². The molecule has 2 fully saturated rings. The van der Waals surface area contributed by atoms with Gasteiger partial charge < -0.3 is 24.4 Å². The van der Waals surface area contributed by atoms with Gasteiger partial charge in [0.1, 0.15) is 0 Å². The number of hydrogen-bond acceptors (Lipinski definition) is 4. The Hall–Kier alpha value is -2.09. The van der Waals surface area contributed by atoms with Gasteiger partial charge in [0.05, 0.1) is 24.4 Å². The van der Waals surface area contributed by atoms with E-state index >= 15 is 0 Å². The second kappa shape index (κ2) is 7.65. The highest BCUT2D eigenvalue weighted by Crippen LogP contribution is 2.27. The zero-order valence-corrected chi connectivity index (χ0v) is 15.7.